The molecule has 0 aliphatic carbocycles. The van der Waals surface area contributed by atoms with Crippen LogP contribution in [0.15, 0.2) is 30.5 Å². The van der Waals surface area contributed by atoms with E-state index in [4.69, 9.17) is 14.7 Å². The summed E-state index contributed by atoms with van der Waals surface area (Å²) in [6.07, 6.45) is 2.15. The second kappa shape index (κ2) is 8.23. The number of likely N-dealkylation sites (tertiary alicyclic amines) is 1. The van der Waals surface area contributed by atoms with Gasteiger partial charge in [-0.3, -0.25) is 0 Å². The van der Waals surface area contributed by atoms with Crippen molar-refractivity contribution in [2.24, 2.45) is 0 Å². The van der Waals surface area contributed by atoms with Gasteiger partial charge in [-0.05, 0) is 37.1 Å². The first-order chi connectivity index (χ1) is 13.1. The van der Waals surface area contributed by atoms with Gasteiger partial charge in [0.05, 0.1) is 19.3 Å². The number of aromatic nitrogens is 2. The van der Waals surface area contributed by atoms with Crippen molar-refractivity contribution < 1.29 is 19.4 Å². The lowest BCUT2D eigenvalue weighted by atomic mass is 10.2. The van der Waals surface area contributed by atoms with Crippen LogP contribution in [0.1, 0.15) is 18.7 Å². The van der Waals surface area contributed by atoms with E-state index in [0.717, 1.165) is 12.8 Å². The number of nitrogens with one attached hydrogen (secondary N) is 1. The molecule has 2 heterocycles. The van der Waals surface area contributed by atoms with E-state index in [1.54, 1.807) is 31.4 Å². The minimum absolute atomic E-state index is 0.0166. The third-order valence-electron chi connectivity index (χ3n) is 4.28. The number of nitrogens with zero attached hydrogens (tertiary/aromatic N) is 4. The second-order valence-corrected chi connectivity index (χ2v) is 5.95. The third kappa shape index (κ3) is 4.36. The molecule has 1 fully saturated rings. The van der Waals surface area contributed by atoms with Gasteiger partial charge in [0.1, 0.15) is 23.3 Å². The molecule has 1 saturated heterocycles. The molecule has 1 aromatic carbocycles. The van der Waals surface area contributed by atoms with Crippen molar-refractivity contribution in [3.8, 4) is 23.4 Å². The Kier molecular flexibility index (Phi) is 5.56. The van der Waals surface area contributed by atoms with Crippen molar-refractivity contribution >= 4 is 11.8 Å². The van der Waals surface area contributed by atoms with E-state index in [1.807, 2.05) is 6.07 Å². The molecule has 2 aromatic rings. The third-order valence-corrected chi connectivity index (χ3v) is 4.28. The number of nitriles is 1. The van der Waals surface area contributed by atoms with Gasteiger partial charge in [0.25, 0.3) is 0 Å². The summed E-state index contributed by atoms with van der Waals surface area (Å²) in [6, 6.07) is 8.69. The number of carbonyl (C=O) groups is 1. The molecule has 1 aromatic heterocycles. The van der Waals surface area contributed by atoms with Crippen LogP contribution < -0.4 is 14.8 Å². The van der Waals surface area contributed by atoms with Crippen LogP contribution >= 0.6 is 0 Å². The van der Waals surface area contributed by atoms with Crippen LogP contribution in [-0.4, -0.2) is 52.3 Å². The maximum absolute atomic E-state index is 11.3. The van der Waals surface area contributed by atoms with E-state index >= 15 is 0 Å². The zero-order chi connectivity index (χ0) is 19.2. The molecule has 140 valence electrons. The van der Waals surface area contributed by atoms with Crippen LogP contribution in [0, 0.1) is 11.3 Å². The molecule has 1 atom stereocenters. The lowest BCUT2D eigenvalue weighted by Crippen LogP contribution is -2.38. The first-order valence-electron chi connectivity index (χ1n) is 8.43. The summed E-state index contributed by atoms with van der Waals surface area (Å²) < 4.78 is 10.9. The summed E-state index contributed by atoms with van der Waals surface area (Å²) in [4.78, 5) is 20.8. The molecule has 0 unspecified atom stereocenters. The van der Waals surface area contributed by atoms with Crippen molar-refractivity contribution in [2.75, 3.05) is 25.5 Å². The molecule has 0 bridgehead atoms. The van der Waals surface area contributed by atoms with Gasteiger partial charge in [-0.25, -0.2) is 9.78 Å². The monoisotopic (exact) mass is 369 g/mol. The lowest BCUT2D eigenvalue weighted by Gasteiger charge is -2.22. The number of rotatable bonds is 6. The average molecular weight is 369 g/mol. The summed E-state index contributed by atoms with van der Waals surface area (Å²) in [7, 11) is 1.57. The van der Waals surface area contributed by atoms with Crippen LogP contribution in [0.2, 0.25) is 0 Å². The van der Waals surface area contributed by atoms with E-state index in [1.165, 1.54) is 11.1 Å². The fourth-order valence-corrected chi connectivity index (χ4v) is 2.90. The Bertz CT molecular complexity index is 850. The smallest absolute Gasteiger partial charge is 0.407 e. The van der Waals surface area contributed by atoms with Gasteiger partial charge in [0, 0.05) is 13.1 Å². The van der Waals surface area contributed by atoms with Gasteiger partial charge in [-0.2, -0.15) is 10.2 Å². The molecule has 0 radical (unpaired) electrons. The number of methoxy groups -OCH3 is 1. The molecular formula is C18H19N5O4. The molecule has 1 amide bonds. The van der Waals surface area contributed by atoms with Crippen LogP contribution in [0.25, 0.3) is 0 Å². The number of carboxylic acid groups (broad SMARTS) is 1. The molecular weight excluding hydrogens is 350 g/mol. The highest BCUT2D eigenvalue weighted by molar-refractivity contribution is 5.66. The number of hydrogen-bond donors (Lipinski definition) is 2. The Morgan fingerprint density at radius 1 is 1.41 bits per heavy atom. The Balaban J connectivity index is 1.76. The Labute approximate surface area is 156 Å². The zero-order valence-electron chi connectivity index (χ0n) is 14.8. The Hall–Kier alpha value is -3.54. The van der Waals surface area contributed by atoms with Gasteiger partial charge < -0.3 is 24.8 Å². The molecule has 9 nitrogen and oxygen atoms in total. The first-order valence-corrected chi connectivity index (χ1v) is 8.43. The maximum Gasteiger partial charge on any atom is 0.407 e. The van der Waals surface area contributed by atoms with Crippen molar-refractivity contribution in [2.45, 2.75) is 18.9 Å². The fourth-order valence-electron chi connectivity index (χ4n) is 2.90. The summed E-state index contributed by atoms with van der Waals surface area (Å²) in [5, 5.41) is 21.4. The minimum atomic E-state index is -0.926. The predicted octanol–water partition coefficient (Wildman–Crippen LogP) is 2.70. The molecule has 0 spiro atoms. The number of ether oxygens (including phenoxy) is 2. The van der Waals surface area contributed by atoms with Crippen LogP contribution in [0.5, 0.6) is 17.4 Å². The van der Waals surface area contributed by atoms with Gasteiger partial charge in [0.2, 0.25) is 11.7 Å². The summed E-state index contributed by atoms with van der Waals surface area (Å²) in [6.45, 7) is 0.932. The number of amides is 1. The van der Waals surface area contributed by atoms with E-state index in [-0.39, 0.29) is 17.7 Å². The highest BCUT2D eigenvalue weighted by atomic mass is 16.5. The predicted molar refractivity (Wildman–Crippen MR) is 96.1 cm³/mol. The van der Waals surface area contributed by atoms with Crippen molar-refractivity contribution in [1.29, 1.82) is 5.26 Å². The fraction of sp³-hybridized carbons (Fsp3) is 0.333. The van der Waals surface area contributed by atoms with E-state index < -0.39 is 6.09 Å². The SMILES string of the molecule is COc1ccc(Oc2nc(C#N)ncc2NC[C@@H]2CCCN2C(=O)O)cc1. The maximum atomic E-state index is 11.3. The van der Waals surface area contributed by atoms with Gasteiger partial charge in [-0.15, -0.1) is 0 Å². The highest BCUT2D eigenvalue weighted by Crippen LogP contribution is 2.29. The molecule has 3 rings (SSSR count). The first kappa shape index (κ1) is 18.3. The van der Waals surface area contributed by atoms with Crippen molar-refractivity contribution in [3.63, 3.8) is 0 Å². The largest absolute Gasteiger partial charge is 0.497 e. The van der Waals surface area contributed by atoms with E-state index in [0.29, 0.717) is 30.3 Å². The van der Waals surface area contributed by atoms with E-state index in [9.17, 15) is 9.90 Å². The normalized spacial score (nSPS) is 15.9. The van der Waals surface area contributed by atoms with Crippen molar-refractivity contribution in [3.05, 3.63) is 36.3 Å². The molecule has 1 aliphatic rings. The molecule has 27 heavy (non-hydrogen) atoms. The lowest BCUT2D eigenvalue weighted by molar-refractivity contribution is 0.142. The number of hydrogen-bond acceptors (Lipinski definition) is 7. The molecule has 2 N–H and O–H groups in total. The topological polar surface area (TPSA) is 121 Å². The second-order valence-electron chi connectivity index (χ2n) is 5.95. The van der Waals surface area contributed by atoms with Gasteiger partial charge >= 0.3 is 6.09 Å². The Morgan fingerprint density at radius 2 is 2.15 bits per heavy atom. The average Bonchev–Trinajstić information content (AvgIpc) is 3.16. The number of benzene rings is 1. The zero-order valence-corrected chi connectivity index (χ0v) is 14.8. The van der Waals surface area contributed by atoms with E-state index in [2.05, 4.69) is 15.3 Å². The number of anilines is 1. The van der Waals surface area contributed by atoms with Crippen LogP contribution in [0.4, 0.5) is 10.5 Å². The van der Waals surface area contributed by atoms with Crippen molar-refractivity contribution in [1.82, 2.24) is 14.9 Å². The molecule has 9 heteroatoms. The van der Waals surface area contributed by atoms with Crippen LogP contribution in [-0.2, 0) is 0 Å². The minimum Gasteiger partial charge on any atom is -0.497 e. The standard InChI is InChI=1S/C18H19N5O4/c1-26-13-4-6-14(7-5-13)27-17-15(11-21-16(9-19)22-17)20-10-12-3-2-8-23(12)18(24)25/h4-7,11-12,20H,2-3,8,10H2,1H3,(H,24,25)/t12-/m0/s1. The molecule has 1 aliphatic heterocycles. The summed E-state index contributed by atoms with van der Waals surface area (Å²) in [5.74, 6) is 1.40. The highest BCUT2D eigenvalue weighted by Gasteiger charge is 2.28. The summed E-state index contributed by atoms with van der Waals surface area (Å²) >= 11 is 0. The van der Waals surface area contributed by atoms with Crippen LogP contribution in [0.3, 0.4) is 0 Å². The molecule has 0 saturated carbocycles. The van der Waals surface area contributed by atoms with Gasteiger partial charge in [-0.1, -0.05) is 0 Å². The summed E-state index contributed by atoms with van der Waals surface area (Å²) in [5.41, 5.74) is 0.488. The Morgan fingerprint density at radius 3 is 2.81 bits per heavy atom. The van der Waals surface area contributed by atoms with Gasteiger partial charge in [0.15, 0.2) is 0 Å². The quantitative estimate of drug-likeness (QED) is 0.797.